The molecule has 0 saturated carbocycles. The molecule has 0 atom stereocenters. The van der Waals surface area contributed by atoms with Gasteiger partial charge in [-0.3, -0.25) is 4.79 Å². The number of carboxylic acid groups (broad SMARTS) is 1. The second-order valence-corrected chi connectivity index (χ2v) is 5.48. The Morgan fingerprint density at radius 2 is 1.83 bits per heavy atom. The molecule has 0 unspecified atom stereocenters. The van der Waals surface area contributed by atoms with Gasteiger partial charge in [-0.05, 0) is 49.1 Å². The molecular weight excluding hydrogens is 228 g/mol. The Hall–Kier alpha value is -1.51. The van der Waals surface area contributed by atoms with Gasteiger partial charge in [-0.15, -0.1) is 0 Å². The van der Waals surface area contributed by atoms with Crippen molar-refractivity contribution in [3.63, 3.8) is 0 Å². The molecule has 18 heavy (non-hydrogen) atoms. The van der Waals surface area contributed by atoms with E-state index in [0.717, 1.165) is 28.0 Å². The van der Waals surface area contributed by atoms with Crippen molar-refractivity contribution in [1.29, 1.82) is 0 Å². The Morgan fingerprint density at radius 1 is 1.28 bits per heavy atom. The van der Waals surface area contributed by atoms with Crippen LogP contribution in [0.1, 0.15) is 42.5 Å². The fourth-order valence-electron chi connectivity index (χ4n) is 2.76. The van der Waals surface area contributed by atoms with Gasteiger partial charge in [0.15, 0.2) is 0 Å². The number of carbonyl (C=O) groups is 1. The topological polar surface area (TPSA) is 46.5 Å². The minimum atomic E-state index is -0.771. The van der Waals surface area contributed by atoms with E-state index in [1.807, 2.05) is 40.7 Å². The number of rotatable bonds is 4. The Bertz CT molecular complexity index is 473. The first kappa shape index (κ1) is 14.6. The van der Waals surface area contributed by atoms with Crippen molar-refractivity contribution in [2.24, 2.45) is 0 Å². The zero-order chi connectivity index (χ0) is 14.1. The Balaban J connectivity index is 3.42. The van der Waals surface area contributed by atoms with E-state index in [9.17, 15) is 4.79 Å². The van der Waals surface area contributed by atoms with Gasteiger partial charge in [0.05, 0.1) is 13.5 Å². The van der Waals surface area contributed by atoms with Crippen molar-refractivity contribution >= 4 is 5.97 Å². The van der Waals surface area contributed by atoms with E-state index in [1.165, 1.54) is 0 Å². The predicted molar refractivity (Wildman–Crippen MR) is 72.5 cm³/mol. The highest BCUT2D eigenvalue weighted by molar-refractivity contribution is 5.69. The van der Waals surface area contributed by atoms with Crippen LogP contribution in [0.15, 0.2) is 6.07 Å². The monoisotopic (exact) mass is 250 g/mol. The first-order chi connectivity index (χ1) is 8.20. The lowest BCUT2D eigenvalue weighted by molar-refractivity contribution is -0.138. The van der Waals surface area contributed by atoms with Crippen LogP contribution < -0.4 is 4.74 Å². The second-order valence-electron chi connectivity index (χ2n) is 5.48. The first-order valence-corrected chi connectivity index (χ1v) is 6.07. The summed E-state index contributed by atoms with van der Waals surface area (Å²) in [5.74, 6) is 0.0900. The average molecular weight is 250 g/mol. The lowest BCUT2D eigenvalue weighted by atomic mass is 9.76. The van der Waals surface area contributed by atoms with Gasteiger partial charge in [0, 0.05) is 5.41 Å². The molecule has 0 aliphatic rings. The molecular formula is C15H22O3. The SMILES string of the molecule is COc1cc(C)c(C(C)(C)CC(=O)O)c(C)c1C. The maximum absolute atomic E-state index is 11.0. The van der Waals surface area contributed by atoms with Crippen molar-refractivity contribution in [1.82, 2.24) is 0 Å². The maximum Gasteiger partial charge on any atom is 0.304 e. The van der Waals surface area contributed by atoms with Gasteiger partial charge in [-0.25, -0.2) is 0 Å². The lowest BCUT2D eigenvalue weighted by Gasteiger charge is -2.29. The quantitative estimate of drug-likeness (QED) is 0.891. The average Bonchev–Trinajstić information content (AvgIpc) is 2.21. The van der Waals surface area contributed by atoms with Crippen molar-refractivity contribution in [3.8, 4) is 5.75 Å². The molecule has 0 aliphatic carbocycles. The summed E-state index contributed by atoms with van der Waals surface area (Å²) in [5.41, 5.74) is 4.02. The summed E-state index contributed by atoms with van der Waals surface area (Å²) in [6.07, 6.45) is 0.125. The molecule has 100 valence electrons. The number of aryl methyl sites for hydroxylation is 1. The summed E-state index contributed by atoms with van der Waals surface area (Å²) >= 11 is 0. The van der Waals surface area contributed by atoms with Crippen LogP contribution in [0.4, 0.5) is 0 Å². The van der Waals surface area contributed by atoms with E-state index in [1.54, 1.807) is 7.11 Å². The Labute approximate surface area is 109 Å². The van der Waals surface area contributed by atoms with E-state index in [4.69, 9.17) is 9.84 Å². The summed E-state index contributed by atoms with van der Waals surface area (Å²) in [5, 5.41) is 9.04. The zero-order valence-electron chi connectivity index (χ0n) is 12.0. The van der Waals surface area contributed by atoms with E-state index < -0.39 is 5.97 Å². The molecule has 0 aromatic heterocycles. The van der Waals surface area contributed by atoms with Gasteiger partial charge in [-0.1, -0.05) is 13.8 Å². The maximum atomic E-state index is 11.0. The summed E-state index contributed by atoms with van der Waals surface area (Å²) < 4.78 is 5.34. The molecule has 0 amide bonds. The van der Waals surface area contributed by atoms with Crippen molar-refractivity contribution < 1.29 is 14.6 Å². The van der Waals surface area contributed by atoms with Gasteiger partial charge in [0.2, 0.25) is 0 Å². The summed E-state index contributed by atoms with van der Waals surface area (Å²) in [7, 11) is 1.66. The minimum absolute atomic E-state index is 0.125. The minimum Gasteiger partial charge on any atom is -0.496 e. The number of hydrogen-bond acceptors (Lipinski definition) is 2. The summed E-state index contributed by atoms with van der Waals surface area (Å²) in [6.45, 7) is 10.00. The predicted octanol–water partition coefficient (Wildman–Crippen LogP) is 3.37. The number of carboxylic acids is 1. The molecule has 3 heteroatoms. The van der Waals surface area contributed by atoms with Crippen LogP contribution in [0.5, 0.6) is 5.75 Å². The van der Waals surface area contributed by atoms with Crippen LogP contribution >= 0.6 is 0 Å². The number of aliphatic carboxylic acids is 1. The van der Waals surface area contributed by atoms with E-state index in [-0.39, 0.29) is 11.8 Å². The van der Waals surface area contributed by atoms with Crippen LogP contribution in [0.3, 0.4) is 0 Å². The molecule has 0 radical (unpaired) electrons. The van der Waals surface area contributed by atoms with E-state index >= 15 is 0 Å². The zero-order valence-corrected chi connectivity index (χ0v) is 12.0. The Kier molecular flexibility index (Phi) is 4.05. The van der Waals surface area contributed by atoms with E-state index in [0.29, 0.717) is 0 Å². The van der Waals surface area contributed by atoms with E-state index in [2.05, 4.69) is 0 Å². The molecule has 0 bridgehead atoms. The molecule has 1 aromatic carbocycles. The van der Waals surface area contributed by atoms with Gasteiger partial charge >= 0.3 is 5.97 Å². The molecule has 0 aliphatic heterocycles. The summed E-state index contributed by atoms with van der Waals surface area (Å²) in [6, 6.07) is 1.99. The number of ether oxygens (including phenoxy) is 1. The van der Waals surface area contributed by atoms with Crippen LogP contribution in [0, 0.1) is 20.8 Å². The van der Waals surface area contributed by atoms with Gasteiger partial charge in [0.1, 0.15) is 5.75 Å². The largest absolute Gasteiger partial charge is 0.496 e. The molecule has 0 saturated heterocycles. The Morgan fingerprint density at radius 3 is 2.28 bits per heavy atom. The molecule has 1 N–H and O–H groups in total. The molecule has 1 rings (SSSR count). The highest BCUT2D eigenvalue weighted by atomic mass is 16.5. The van der Waals surface area contributed by atoms with Crippen molar-refractivity contribution in [2.45, 2.75) is 46.5 Å². The first-order valence-electron chi connectivity index (χ1n) is 6.07. The van der Waals surface area contributed by atoms with Crippen molar-refractivity contribution in [3.05, 3.63) is 28.3 Å². The number of methoxy groups -OCH3 is 1. The number of hydrogen-bond donors (Lipinski definition) is 1. The fourth-order valence-corrected chi connectivity index (χ4v) is 2.76. The molecule has 0 fully saturated rings. The third kappa shape index (κ3) is 2.66. The molecule has 3 nitrogen and oxygen atoms in total. The second kappa shape index (κ2) is 5.01. The molecule has 1 aromatic rings. The molecule has 0 spiro atoms. The van der Waals surface area contributed by atoms with Crippen molar-refractivity contribution in [2.75, 3.05) is 7.11 Å². The third-order valence-electron chi connectivity index (χ3n) is 3.54. The summed E-state index contributed by atoms with van der Waals surface area (Å²) in [4.78, 5) is 11.0. The van der Waals surface area contributed by atoms with Crippen LogP contribution in [-0.2, 0) is 10.2 Å². The normalized spacial score (nSPS) is 11.4. The van der Waals surface area contributed by atoms with Gasteiger partial charge < -0.3 is 9.84 Å². The van der Waals surface area contributed by atoms with Crippen LogP contribution in [-0.4, -0.2) is 18.2 Å². The standard InChI is InChI=1S/C15H22O3/c1-9-7-12(18-6)10(2)11(3)14(9)15(4,5)8-13(16)17/h7H,8H2,1-6H3,(H,16,17). The van der Waals surface area contributed by atoms with Crippen LogP contribution in [0.25, 0.3) is 0 Å². The van der Waals surface area contributed by atoms with Gasteiger partial charge in [-0.2, -0.15) is 0 Å². The highest BCUT2D eigenvalue weighted by Gasteiger charge is 2.28. The molecule has 0 heterocycles. The smallest absolute Gasteiger partial charge is 0.304 e. The third-order valence-corrected chi connectivity index (χ3v) is 3.54. The lowest BCUT2D eigenvalue weighted by Crippen LogP contribution is -2.24. The highest BCUT2D eigenvalue weighted by Crippen LogP contribution is 2.37. The fraction of sp³-hybridized carbons (Fsp3) is 0.533. The number of benzene rings is 1. The van der Waals surface area contributed by atoms with Crippen LogP contribution in [0.2, 0.25) is 0 Å². The van der Waals surface area contributed by atoms with Gasteiger partial charge in [0.25, 0.3) is 0 Å².